The number of benzene rings is 2. The first kappa shape index (κ1) is 20.0. The van der Waals surface area contributed by atoms with Crippen molar-refractivity contribution >= 4 is 11.9 Å². The van der Waals surface area contributed by atoms with Gasteiger partial charge >= 0.3 is 0 Å². The molecule has 2 heterocycles. The molecule has 3 aromatic rings. The Balaban J connectivity index is 1.37. The van der Waals surface area contributed by atoms with Crippen LogP contribution in [-0.2, 0) is 17.9 Å². The molecule has 0 saturated carbocycles. The van der Waals surface area contributed by atoms with Crippen LogP contribution in [-0.4, -0.2) is 58.4 Å². The van der Waals surface area contributed by atoms with Gasteiger partial charge in [-0.15, -0.1) is 0 Å². The Morgan fingerprint density at radius 2 is 1.30 bits per heavy atom. The molecule has 1 aliphatic rings. The summed E-state index contributed by atoms with van der Waals surface area (Å²) in [6, 6.07) is 22.5. The van der Waals surface area contributed by atoms with Crippen LogP contribution in [0.3, 0.4) is 0 Å². The average molecular weight is 402 g/mol. The van der Waals surface area contributed by atoms with Gasteiger partial charge in [-0.25, -0.2) is 9.97 Å². The summed E-state index contributed by atoms with van der Waals surface area (Å²) in [7, 11) is 0. The first-order valence-electron chi connectivity index (χ1n) is 10.4. The molecule has 6 heteroatoms. The zero-order valence-corrected chi connectivity index (χ0v) is 17.1. The van der Waals surface area contributed by atoms with Crippen LogP contribution in [0.15, 0.2) is 79.1 Å². The van der Waals surface area contributed by atoms with Gasteiger partial charge in [0, 0.05) is 51.7 Å². The number of carbonyl (C=O) groups is 1. The predicted molar refractivity (Wildman–Crippen MR) is 118 cm³/mol. The highest BCUT2D eigenvalue weighted by atomic mass is 16.2. The molecule has 0 N–H and O–H groups in total. The maximum atomic E-state index is 13.1. The van der Waals surface area contributed by atoms with Crippen molar-refractivity contribution in [2.24, 2.45) is 0 Å². The Hall–Kier alpha value is -3.25. The molecule has 4 rings (SSSR count). The summed E-state index contributed by atoms with van der Waals surface area (Å²) in [5.74, 6) is 0.912. The molecule has 6 nitrogen and oxygen atoms in total. The molecule has 1 aliphatic heterocycles. The molecular formula is C24H27N5O. The SMILES string of the molecule is O=C(CN(Cc1ccccc1)Cc1ccccc1)N1CCN(c2ncccn2)CC1. The van der Waals surface area contributed by atoms with Gasteiger partial charge in [0.1, 0.15) is 0 Å². The molecule has 2 aromatic carbocycles. The number of carbonyl (C=O) groups excluding carboxylic acids is 1. The Kier molecular flexibility index (Phi) is 6.67. The predicted octanol–water partition coefficient (Wildman–Crippen LogP) is 2.83. The van der Waals surface area contributed by atoms with Crippen LogP contribution >= 0.6 is 0 Å². The number of piperazine rings is 1. The minimum Gasteiger partial charge on any atom is -0.338 e. The fourth-order valence-electron chi connectivity index (χ4n) is 3.75. The van der Waals surface area contributed by atoms with E-state index in [1.807, 2.05) is 47.4 Å². The fourth-order valence-corrected chi connectivity index (χ4v) is 3.75. The van der Waals surface area contributed by atoms with Crippen LogP contribution in [0.1, 0.15) is 11.1 Å². The lowest BCUT2D eigenvalue weighted by atomic mass is 10.1. The maximum Gasteiger partial charge on any atom is 0.236 e. The molecule has 1 saturated heterocycles. The first-order valence-corrected chi connectivity index (χ1v) is 10.4. The Morgan fingerprint density at radius 3 is 1.83 bits per heavy atom. The molecule has 0 unspecified atom stereocenters. The zero-order valence-electron chi connectivity index (χ0n) is 17.1. The van der Waals surface area contributed by atoms with Gasteiger partial charge in [0.2, 0.25) is 11.9 Å². The second-order valence-electron chi connectivity index (χ2n) is 7.53. The first-order chi connectivity index (χ1) is 14.8. The third kappa shape index (κ3) is 5.42. The molecule has 1 amide bonds. The lowest BCUT2D eigenvalue weighted by molar-refractivity contribution is -0.133. The Bertz CT molecular complexity index is 871. The van der Waals surface area contributed by atoms with Gasteiger partial charge in [-0.3, -0.25) is 9.69 Å². The number of aromatic nitrogens is 2. The largest absolute Gasteiger partial charge is 0.338 e. The highest BCUT2D eigenvalue weighted by Gasteiger charge is 2.24. The average Bonchev–Trinajstić information content (AvgIpc) is 2.81. The summed E-state index contributed by atoms with van der Waals surface area (Å²) >= 11 is 0. The van der Waals surface area contributed by atoms with Crippen molar-refractivity contribution in [2.45, 2.75) is 13.1 Å². The smallest absolute Gasteiger partial charge is 0.236 e. The van der Waals surface area contributed by atoms with Crippen molar-refractivity contribution < 1.29 is 4.79 Å². The van der Waals surface area contributed by atoms with Crippen LogP contribution in [0.4, 0.5) is 5.95 Å². The molecule has 0 radical (unpaired) electrons. The monoisotopic (exact) mass is 401 g/mol. The van der Waals surface area contributed by atoms with Gasteiger partial charge in [-0.2, -0.15) is 0 Å². The van der Waals surface area contributed by atoms with Crippen LogP contribution < -0.4 is 4.90 Å². The molecule has 1 aromatic heterocycles. The normalized spacial score (nSPS) is 14.2. The number of amides is 1. The lowest BCUT2D eigenvalue weighted by Crippen LogP contribution is -2.51. The number of hydrogen-bond acceptors (Lipinski definition) is 5. The third-order valence-corrected chi connectivity index (χ3v) is 5.32. The maximum absolute atomic E-state index is 13.1. The fraction of sp³-hybridized carbons (Fsp3) is 0.292. The molecule has 30 heavy (non-hydrogen) atoms. The molecule has 0 aliphatic carbocycles. The Labute approximate surface area is 177 Å². The third-order valence-electron chi connectivity index (χ3n) is 5.32. The topological polar surface area (TPSA) is 52.6 Å². The summed E-state index contributed by atoms with van der Waals surface area (Å²) in [6.07, 6.45) is 3.51. The second-order valence-corrected chi connectivity index (χ2v) is 7.53. The standard InChI is InChI=1S/C24H27N5O/c30-23(28-14-16-29(17-15-28)24-25-12-7-13-26-24)20-27(18-21-8-3-1-4-9-21)19-22-10-5-2-6-11-22/h1-13H,14-20H2. The summed E-state index contributed by atoms with van der Waals surface area (Å²) in [5.41, 5.74) is 2.43. The quantitative estimate of drug-likeness (QED) is 0.609. The Morgan fingerprint density at radius 1 is 0.767 bits per heavy atom. The molecular weight excluding hydrogens is 374 g/mol. The number of nitrogens with zero attached hydrogens (tertiary/aromatic N) is 5. The summed E-state index contributed by atoms with van der Waals surface area (Å²) in [4.78, 5) is 28.0. The molecule has 0 spiro atoms. The van der Waals surface area contributed by atoms with Crippen LogP contribution in [0.2, 0.25) is 0 Å². The van der Waals surface area contributed by atoms with E-state index >= 15 is 0 Å². The van der Waals surface area contributed by atoms with Crippen LogP contribution in [0.25, 0.3) is 0 Å². The summed E-state index contributed by atoms with van der Waals surface area (Å²) in [5, 5.41) is 0. The van der Waals surface area contributed by atoms with E-state index in [-0.39, 0.29) is 5.91 Å². The highest BCUT2D eigenvalue weighted by Crippen LogP contribution is 2.13. The molecule has 0 atom stereocenters. The van der Waals surface area contributed by atoms with Crippen molar-refractivity contribution in [3.8, 4) is 0 Å². The zero-order chi connectivity index (χ0) is 20.6. The lowest BCUT2D eigenvalue weighted by Gasteiger charge is -2.35. The van der Waals surface area contributed by atoms with Gasteiger partial charge < -0.3 is 9.80 Å². The van der Waals surface area contributed by atoms with Gasteiger partial charge in [0.05, 0.1) is 6.54 Å². The number of rotatable bonds is 7. The van der Waals surface area contributed by atoms with Crippen molar-refractivity contribution in [2.75, 3.05) is 37.6 Å². The van der Waals surface area contributed by atoms with E-state index in [0.29, 0.717) is 19.6 Å². The van der Waals surface area contributed by atoms with Crippen molar-refractivity contribution in [1.29, 1.82) is 0 Å². The van der Waals surface area contributed by atoms with Crippen LogP contribution in [0.5, 0.6) is 0 Å². The van der Waals surface area contributed by atoms with Gasteiger partial charge in [0.25, 0.3) is 0 Å². The van der Waals surface area contributed by atoms with E-state index in [0.717, 1.165) is 32.1 Å². The van der Waals surface area contributed by atoms with Gasteiger partial charge in [-0.1, -0.05) is 60.7 Å². The van der Waals surface area contributed by atoms with Gasteiger partial charge in [-0.05, 0) is 17.2 Å². The summed E-state index contributed by atoms with van der Waals surface area (Å²) in [6.45, 7) is 4.81. The molecule has 1 fully saturated rings. The van der Waals surface area contributed by atoms with Crippen LogP contribution in [0, 0.1) is 0 Å². The van der Waals surface area contributed by atoms with E-state index < -0.39 is 0 Å². The van der Waals surface area contributed by atoms with Gasteiger partial charge in [0.15, 0.2) is 0 Å². The van der Waals surface area contributed by atoms with Crippen molar-refractivity contribution in [3.63, 3.8) is 0 Å². The van der Waals surface area contributed by atoms with E-state index in [1.165, 1.54) is 11.1 Å². The summed E-state index contributed by atoms with van der Waals surface area (Å²) < 4.78 is 0. The van der Waals surface area contributed by atoms with Crippen molar-refractivity contribution in [3.05, 3.63) is 90.3 Å². The van der Waals surface area contributed by atoms with Crippen molar-refractivity contribution in [1.82, 2.24) is 19.8 Å². The highest BCUT2D eigenvalue weighted by molar-refractivity contribution is 5.78. The van der Waals surface area contributed by atoms with E-state index in [1.54, 1.807) is 12.4 Å². The number of anilines is 1. The molecule has 154 valence electrons. The minimum atomic E-state index is 0.176. The molecule has 0 bridgehead atoms. The van der Waals surface area contributed by atoms with E-state index in [9.17, 15) is 4.79 Å². The minimum absolute atomic E-state index is 0.176. The van der Waals surface area contributed by atoms with E-state index in [4.69, 9.17) is 0 Å². The van der Waals surface area contributed by atoms with E-state index in [2.05, 4.69) is 44.0 Å². The number of hydrogen-bond donors (Lipinski definition) is 0. The second kappa shape index (κ2) is 9.98.